The number of halogens is 4. The molecule has 0 aliphatic rings. The van der Waals surface area contributed by atoms with E-state index in [1.165, 1.54) is 12.8 Å². The molecule has 0 bridgehead atoms. The SMILES string of the molecule is FC(F)(F)CCCNCCCCCCBr. The van der Waals surface area contributed by atoms with Crippen LogP contribution >= 0.6 is 15.9 Å². The van der Waals surface area contributed by atoms with Crippen LogP contribution in [0.3, 0.4) is 0 Å². The van der Waals surface area contributed by atoms with Gasteiger partial charge in [-0.1, -0.05) is 28.8 Å². The van der Waals surface area contributed by atoms with Gasteiger partial charge in [0.1, 0.15) is 0 Å². The lowest BCUT2D eigenvalue weighted by atomic mass is 10.2. The van der Waals surface area contributed by atoms with Crippen LogP contribution in [-0.4, -0.2) is 24.6 Å². The molecule has 0 spiro atoms. The van der Waals surface area contributed by atoms with E-state index >= 15 is 0 Å². The number of rotatable bonds is 9. The molecule has 0 aromatic carbocycles. The van der Waals surface area contributed by atoms with E-state index in [9.17, 15) is 13.2 Å². The number of alkyl halides is 4. The van der Waals surface area contributed by atoms with Crippen molar-refractivity contribution >= 4 is 15.9 Å². The van der Waals surface area contributed by atoms with Gasteiger partial charge in [-0.2, -0.15) is 13.2 Å². The first-order valence-electron chi connectivity index (χ1n) is 5.39. The molecule has 0 heterocycles. The summed E-state index contributed by atoms with van der Waals surface area (Å²) in [5.41, 5.74) is 0. The first kappa shape index (κ1) is 15.2. The van der Waals surface area contributed by atoms with Crippen molar-refractivity contribution in [2.45, 2.75) is 44.7 Å². The van der Waals surface area contributed by atoms with Crippen molar-refractivity contribution in [2.24, 2.45) is 0 Å². The highest BCUT2D eigenvalue weighted by Gasteiger charge is 2.25. The number of unbranched alkanes of at least 4 members (excludes halogenated alkanes) is 3. The Morgan fingerprint density at radius 1 is 0.867 bits per heavy atom. The van der Waals surface area contributed by atoms with Crippen LogP contribution in [0, 0.1) is 0 Å². The topological polar surface area (TPSA) is 12.0 Å². The molecule has 1 nitrogen and oxygen atoms in total. The molecule has 0 fully saturated rings. The van der Waals surface area contributed by atoms with Crippen LogP contribution in [0.25, 0.3) is 0 Å². The second-order valence-corrected chi connectivity index (χ2v) is 4.36. The Balaban J connectivity index is 2.99. The molecule has 5 heteroatoms. The zero-order chi connectivity index (χ0) is 11.6. The quantitative estimate of drug-likeness (QED) is 0.502. The molecule has 0 aliphatic heterocycles. The Hall–Kier alpha value is 0.230. The van der Waals surface area contributed by atoms with Crippen LogP contribution in [0.5, 0.6) is 0 Å². The lowest BCUT2D eigenvalue weighted by Crippen LogP contribution is -2.19. The number of nitrogens with one attached hydrogen (secondary N) is 1. The minimum atomic E-state index is -4.00. The summed E-state index contributed by atoms with van der Waals surface area (Å²) < 4.78 is 35.2. The third-order valence-corrected chi connectivity index (χ3v) is 2.61. The minimum absolute atomic E-state index is 0.185. The molecule has 92 valence electrons. The average molecular weight is 290 g/mol. The summed E-state index contributed by atoms with van der Waals surface area (Å²) >= 11 is 3.35. The van der Waals surface area contributed by atoms with E-state index in [0.717, 1.165) is 24.7 Å². The van der Waals surface area contributed by atoms with Crippen LogP contribution in [0.1, 0.15) is 38.5 Å². The molecule has 0 aromatic heterocycles. The number of hydrogen-bond donors (Lipinski definition) is 1. The summed E-state index contributed by atoms with van der Waals surface area (Å²) in [5, 5.41) is 4.06. The Labute approximate surface area is 97.9 Å². The molecular weight excluding hydrogens is 271 g/mol. The highest BCUT2D eigenvalue weighted by Crippen LogP contribution is 2.20. The maximum Gasteiger partial charge on any atom is 0.389 e. The maximum atomic E-state index is 11.7. The summed E-state index contributed by atoms with van der Waals surface area (Å²) in [6.45, 7) is 1.30. The monoisotopic (exact) mass is 289 g/mol. The molecule has 0 rings (SSSR count). The normalized spacial score (nSPS) is 12.0. The van der Waals surface area contributed by atoms with Crippen molar-refractivity contribution in [3.63, 3.8) is 0 Å². The summed E-state index contributed by atoms with van der Waals surface area (Å²) in [6.07, 6.45) is 0.0759. The van der Waals surface area contributed by atoms with Crippen molar-refractivity contribution in [1.29, 1.82) is 0 Å². The van der Waals surface area contributed by atoms with E-state index in [2.05, 4.69) is 21.2 Å². The van der Waals surface area contributed by atoms with E-state index in [0.29, 0.717) is 6.54 Å². The Morgan fingerprint density at radius 3 is 2.07 bits per heavy atom. The molecule has 0 aliphatic carbocycles. The van der Waals surface area contributed by atoms with Gasteiger partial charge in [0.25, 0.3) is 0 Å². The molecule has 0 unspecified atom stereocenters. The van der Waals surface area contributed by atoms with Gasteiger partial charge in [0.2, 0.25) is 0 Å². The molecule has 0 aromatic rings. The van der Waals surface area contributed by atoms with E-state index in [1.807, 2.05) is 0 Å². The van der Waals surface area contributed by atoms with Gasteiger partial charge in [0.15, 0.2) is 0 Å². The van der Waals surface area contributed by atoms with Crippen molar-refractivity contribution in [3.8, 4) is 0 Å². The molecule has 0 radical (unpaired) electrons. The van der Waals surface area contributed by atoms with Gasteiger partial charge < -0.3 is 5.32 Å². The fraction of sp³-hybridized carbons (Fsp3) is 1.00. The van der Waals surface area contributed by atoms with Crippen LogP contribution in [0.15, 0.2) is 0 Å². The Morgan fingerprint density at radius 2 is 1.47 bits per heavy atom. The third-order valence-electron chi connectivity index (χ3n) is 2.05. The van der Waals surface area contributed by atoms with Gasteiger partial charge in [-0.3, -0.25) is 0 Å². The zero-order valence-corrected chi connectivity index (χ0v) is 10.5. The molecule has 0 saturated heterocycles. The summed E-state index contributed by atoms with van der Waals surface area (Å²) in [6, 6.07) is 0. The second-order valence-electron chi connectivity index (χ2n) is 3.57. The molecule has 0 atom stereocenters. The lowest BCUT2D eigenvalue weighted by molar-refractivity contribution is -0.135. The van der Waals surface area contributed by atoms with Crippen LogP contribution < -0.4 is 5.32 Å². The molecule has 1 N–H and O–H groups in total. The lowest BCUT2D eigenvalue weighted by Gasteiger charge is -2.07. The highest BCUT2D eigenvalue weighted by atomic mass is 79.9. The van der Waals surface area contributed by atoms with E-state index in [-0.39, 0.29) is 6.42 Å². The highest BCUT2D eigenvalue weighted by molar-refractivity contribution is 9.09. The van der Waals surface area contributed by atoms with Crippen molar-refractivity contribution in [2.75, 3.05) is 18.4 Å². The molecular formula is C10H19BrF3N. The molecule has 0 saturated carbocycles. The van der Waals surface area contributed by atoms with Crippen molar-refractivity contribution in [1.82, 2.24) is 5.32 Å². The van der Waals surface area contributed by atoms with E-state index < -0.39 is 12.6 Å². The predicted molar refractivity (Wildman–Crippen MR) is 60.4 cm³/mol. The van der Waals surface area contributed by atoms with Gasteiger partial charge in [0.05, 0.1) is 0 Å². The van der Waals surface area contributed by atoms with E-state index in [1.54, 1.807) is 0 Å². The smallest absolute Gasteiger partial charge is 0.317 e. The fourth-order valence-electron chi connectivity index (χ4n) is 1.24. The first-order chi connectivity index (χ1) is 7.06. The van der Waals surface area contributed by atoms with Crippen LogP contribution in [0.4, 0.5) is 13.2 Å². The van der Waals surface area contributed by atoms with Crippen molar-refractivity contribution < 1.29 is 13.2 Å². The van der Waals surface area contributed by atoms with Gasteiger partial charge in [-0.05, 0) is 32.4 Å². The summed E-state index contributed by atoms with van der Waals surface area (Å²) in [4.78, 5) is 0. The molecule has 15 heavy (non-hydrogen) atoms. The zero-order valence-electron chi connectivity index (χ0n) is 8.88. The number of hydrogen-bond acceptors (Lipinski definition) is 1. The van der Waals surface area contributed by atoms with Crippen molar-refractivity contribution in [3.05, 3.63) is 0 Å². The minimum Gasteiger partial charge on any atom is -0.317 e. The third kappa shape index (κ3) is 14.2. The largest absolute Gasteiger partial charge is 0.389 e. The Bertz CT molecular complexity index is 139. The van der Waals surface area contributed by atoms with Gasteiger partial charge in [0, 0.05) is 11.8 Å². The van der Waals surface area contributed by atoms with Gasteiger partial charge >= 0.3 is 6.18 Å². The maximum absolute atomic E-state index is 11.7. The first-order valence-corrected chi connectivity index (χ1v) is 6.52. The average Bonchev–Trinajstić information content (AvgIpc) is 2.14. The standard InChI is InChI=1S/C10H19BrF3N/c11-7-3-1-2-4-8-15-9-5-6-10(12,13)14/h15H,1-9H2. The predicted octanol–water partition coefficient (Wildman–Crippen LogP) is 3.87. The van der Waals surface area contributed by atoms with Crippen LogP contribution in [0.2, 0.25) is 0 Å². The fourth-order valence-corrected chi connectivity index (χ4v) is 1.63. The summed E-state index contributed by atoms with van der Waals surface area (Å²) in [7, 11) is 0. The molecule has 0 amide bonds. The second kappa shape index (κ2) is 9.46. The van der Waals surface area contributed by atoms with E-state index in [4.69, 9.17) is 0 Å². The van der Waals surface area contributed by atoms with Crippen LogP contribution in [-0.2, 0) is 0 Å². The Kier molecular flexibility index (Phi) is 9.60. The van der Waals surface area contributed by atoms with Gasteiger partial charge in [-0.15, -0.1) is 0 Å². The summed E-state index contributed by atoms with van der Waals surface area (Å²) in [5.74, 6) is 0. The van der Waals surface area contributed by atoms with Gasteiger partial charge in [-0.25, -0.2) is 0 Å².